The Morgan fingerprint density at radius 3 is 2.24 bits per heavy atom. The molecule has 2 aromatic rings. The summed E-state index contributed by atoms with van der Waals surface area (Å²) in [5.74, 6) is 0.467. The highest BCUT2D eigenvalue weighted by molar-refractivity contribution is 7.12. The van der Waals surface area contributed by atoms with E-state index in [1.807, 2.05) is 0 Å². The van der Waals surface area contributed by atoms with Crippen molar-refractivity contribution in [1.82, 2.24) is 4.98 Å². The Kier molecular flexibility index (Phi) is 4.84. The summed E-state index contributed by atoms with van der Waals surface area (Å²) in [6.07, 6.45) is 0.904. The Bertz CT molecular complexity index is 589. The lowest BCUT2D eigenvalue weighted by molar-refractivity contribution is 0.590. The number of benzene rings is 1. The summed E-state index contributed by atoms with van der Waals surface area (Å²) in [5.41, 5.74) is 9.61. The molecule has 21 heavy (non-hydrogen) atoms. The van der Waals surface area contributed by atoms with Crippen molar-refractivity contribution >= 4 is 11.3 Å². The van der Waals surface area contributed by atoms with E-state index in [0.717, 1.165) is 12.1 Å². The molecule has 0 saturated heterocycles. The standard InChI is InChI=1S/C18H26N2S/c1-12(2)17-20-16(15(21-17)10-11-19)13-6-8-14(9-7-13)18(3,4)5/h6-9,12H,10-11,19H2,1-5H3. The van der Waals surface area contributed by atoms with Gasteiger partial charge in [0, 0.05) is 16.4 Å². The highest BCUT2D eigenvalue weighted by Gasteiger charge is 2.17. The lowest BCUT2D eigenvalue weighted by Gasteiger charge is -2.19. The van der Waals surface area contributed by atoms with Crippen molar-refractivity contribution in [2.24, 2.45) is 5.73 Å². The van der Waals surface area contributed by atoms with Crippen LogP contribution < -0.4 is 5.73 Å². The van der Waals surface area contributed by atoms with E-state index in [2.05, 4.69) is 58.9 Å². The number of aromatic nitrogens is 1. The summed E-state index contributed by atoms with van der Waals surface area (Å²) in [6.45, 7) is 11.8. The SMILES string of the molecule is CC(C)c1nc(-c2ccc(C(C)(C)C)cc2)c(CCN)s1. The van der Waals surface area contributed by atoms with Crippen LogP contribution in [0.25, 0.3) is 11.3 Å². The lowest BCUT2D eigenvalue weighted by atomic mass is 9.86. The first-order valence-electron chi connectivity index (χ1n) is 7.63. The zero-order valence-corrected chi connectivity index (χ0v) is 14.6. The van der Waals surface area contributed by atoms with Crippen molar-refractivity contribution in [1.29, 1.82) is 0 Å². The van der Waals surface area contributed by atoms with Crippen molar-refractivity contribution < 1.29 is 0 Å². The van der Waals surface area contributed by atoms with E-state index >= 15 is 0 Å². The number of hydrogen-bond acceptors (Lipinski definition) is 3. The van der Waals surface area contributed by atoms with Gasteiger partial charge in [0.15, 0.2) is 0 Å². The van der Waals surface area contributed by atoms with Crippen LogP contribution in [0, 0.1) is 0 Å². The molecule has 0 fully saturated rings. The number of rotatable bonds is 4. The van der Waals surface area contributed by atoms with Gasteiger partial charge in [-0.05, 0) is 23.9 Å². The van der Waals surface area contributed by atoms with Crippen LogP contribution in [0.1, 0.15) is 56.0 Å². The Labute approximate surface area is 132 Å². The second kappa shape index (κ2) is 6.29. The Hall–Kier alpha value is -1.19. The van der Waals surface area contributed by atoms with Gasteiger partial charge in [-0.1, -0.05) is 58.9 Å². The van der Waals surface area contributed by atoms with Gasteiger partial charge in [0.05, 0.1) is 10.7 Å². The monoisotopic (exact) mass is 302 g/mol. The molecule has 1 aromatic carbocycles. The lowest BCUT2D eigenvalue weighted by Crippen LogP contribution is -2.10. The average Bonchev–Trinajstić information content (AvgIpc) is 2.83. The molecule has 0 radical (unpaired) electrons. The van der Waals surface area contributed by atoms with Crippen molar-refractivity contribution in [3.63, 3.8) is 0 Å². The van der Waals surface area contributed by atoms with Crippen LogP contribution >= 0.6 is 11.3 Å². The Balaban J connectivity index is 2.40. The highest BCUT2D eigenvalue weighted by Crippen LogP contribution is 2.33. The van der Waals surface area contributed by atoms with Gasteiger partial charge >= 0.3 is 0 Å². The van der Waals surface area contributed by atoms with Crippen LogP contribution in [0.3, 0.4) is 0 Å². The normalized spacial score (nSPS) is 12.1. The molecule has 0 aliphatic carbocycles. The largest absolute Gasteiger partial charge is 0.330 e. The van der Waals surface area contributed by atoms with Gasteiger partial charge in [-0.3, -0.25) is 0 Å². The fraction of sp³-hybridized carbons (Fsp3) is 0.500. The maximum absolute atomic E-state index is 5.75. The molecular weight excluding hydrogens is 276 g/mol. The number of hydrogen-bond donors (Lipinski definition) is 1. The van der Waals surface area contributed by atoms with Crippen molar-refractivity contribution in [3.8, 4) is 11.3 Å². The number of nitrogens with two attached hydrogens (primary N) is 1. The van der Waals surface area contributed by atoms with E-state index in [4.69, 9.17) is 10.7 Å². The molecule has 0 unspecified atom stereocenters. The first-order chi connectivity index (χ1) is 9.82. The number of nitrogens with zero attached hydrogens (tertiary/aromatic N) is 1. The van der Waals surface area contributed by atoms with Crippen LogP contribution in [0.15, 0.2) is 24.3 Å². The molecule has 2 nitrogen and oxygen atoms in total. The summed E-state index contributed by atoms with van der Waals surface area (Å²) in [5, 5.41) is 1.20. The van der Waals surface area contributed by atoms with Gasteiger partial charge in [0.2, 0.25) is 0 Å². The molecule has 3 heteroatoms. The maximum Gasteiger partial charge on any atom is 0.0960 e. The Morgan fingerprint density at radius 1 is 1.14 bits per heavy atom. The molecule has 2 rings (SSSR count). The highest BCUT2D eigenvalue weighted by atomic mass is 32.1. The first kappa shape index (κ1) is 16.2. The summed E-state index contributed by atoms with van der Waals surface area (Å²) in [7, 11) is 0. The van der Waals surface area contributed by atoms with Crippen LogP contribution in [0.4, 0.5) is 0 Å². The smallest absolute Gasteiger partial charge is 0.0960 e. The van der Waals surface area contributed by atoms with Crippen molar-refractivity contribution in [2.75, 3.05) is 6.54 Å². The fourth-order valence-corrected chi connectivity index (χ4v) is 3.38. The molecule has 0 spiro atoms. The third-order valence-electron chi connectivity index (χ3n) is 3.60. The van der Waals surface area contributed by atoms with Gasteiger partial charge in [-0.25, -0.2) is 4.98 Å². The van der Waals surface area contributed by atoms with Crippen LogP contribution in [-0.2, 0) is 11.8 Å². The predicted octanol–water partition coefficient (Wildman–Crippen LogP) is 4.73. The minimum atomic E-state index is 0.184. The van der Waals surface area contributed by atoms with Gasteiger partial charge in [0.25, 0.3) is 0 Å². The molecule has 0 saturated carbocycles. The minimum absolute atomic E-state index is 0.184. The molecule has 1 aromatic heterocycles. The van der Waals surface area contributed by atoms with Gasteiger partial charge < -0.3 is 5.73 Å². The van der Waals surface area contributed by atoms with Gasteiger partial charge in [0.1, 0.15) is 0 Å². The molecule has 0 bridgehead atoms. The third-order valence-corrected chi connectivity index (χ3v) is 5.02. The number of thiazole rings is 1. The first-order valence-corrected chi connectivity index (χ1v) is 8.45. The molecule has 2 N–H and O–H groups in total. The quantitative estimate of drug-likeness (QED) is 0.886. The third kappa shape index (κ3) is 3.72. The van der Waals surface area contributed by atoms with Crippen LogP contribution in [-0.4, -0.2) is 11.5 Å². The van der Waals surface area contributed by atoms with E-state index in [0.29, 0.717) is 12.5 Å². The van der Waals surface area contributed by atoms with Crippen molar-refractivity contribution in [3.05, 3.63) is 39.7 Å². The zero-order chi connectivity index (χ0) is 15.6. The van der Waals surface area contributed by atoms with Gasteiger partial charge in [-0.15, -0.1) is 11.3 Å². The van der Waals surface area contributed by atoms with Crippen LogP contribution in [0.5, 0.6) is 0 Å². The predicted molar refractivity (Wildman–Crippen MR) is 93.1 cm³/mol. The minimum Gasteiger partial charge on any atom is -0.330 e. The molecule has 0 atom stereocenters. The van der Waals surface area contributed by atoms with E-state index in [9.17, 15) is 0 Å². The molecule has 0 aliphatic rings. The fourth-order valence-electron chi connectivity index (χ4n) is 2.27. The van der Waals surface area contributed by atoms with Crippen molar-refractivity contribution in [2.45, 2.75) is 52.4 Å². The van der Waals surface area contributed by atoms with Gasteiger partial charge in [-0.2, -0.15) is 0 Å². The van der Waals surface area contributed by atoms with E-state index in [1.165, 1.54) is 21.0 Å². The second-order valence-corrected chi connectivity index (χ2v) is 7.96. The summed E-state index contributed by atoms with van der Waals surface area (Å²) in [6, 6.07) is 8.82. The summed E-state index contributed by atoms with van der Waals surface area (Å²) >= 11 is 1.81. The second-order valence-electron chi connectivity index (χ2n) is 6.84. The van der Waals surface area contributed by atoms with E-state index in [1.54, 1.807) is 11.3 Å². The molecule has 0 amide bonds. The molecule has 1 heterocycles. The van der Waals surface area contributed by atoms with Crippen LogP contribution in [0.2, 0.25) is 0 Å². The molecule has 0 aliphatic heterocycles. The maximum atomic E-state index is 5.75. The molecule has 114 valence electrons. The van der Waals surface area contributed by atoms with E-state index < -0.39 is 0 Å². The zero-order valence-electron chi connectivity index (χ0n) is 13.7. The topological polar surface area (TPSA) is 38.9 Å². The Morgan fingerprint density at radius 2 is 1.76 bits per heavy atom. The van der Waals surface area contributed by atoms with E-state index in [-0.39, 0.29) is 5.41 Å². The summed E-state index contributed by atoms with van der Waals surface area (Å²) in [4.78, 5) is 6.16. The molecular formula is C18H26N2S. The summed E-state index contributed by atoms with van der Waals surface area (Å²) < 4.78 is 0. The average molecular weight is 302 g/mol.